The largest absolute Gasteiger partial charge is 0.291 e. The smallest absolute Gasteiger partial charge is 0.266 e. The molecule has 0 N–H and O–H groups in total. The molecule has 1 aliphatic rings. The summed E-state index contributed by atoms with van der Waals surface area (Å²) in [5.74, 6) is 0.931. The summed E-state index contributed by atoms with van der Waals surface area (Å²) < 4.78 is 3.56. The molecule has 7 heteroatoms. The Labute approximate surface area is 133 Å². The molecular formula is C16H18N6O. The highest BCUT2D eigenvalue weighted by Crippen LogP contribution is 2.20. The van der Waals surface area contributed by atoms with Crippen molar-refractivity contribution in [2.75, 3.05) is 6.54 Å². The van der Waals surface area contributed by atoms with Crippen molar-refractivity contribution in [3.8, 4) is 0 Å². The van der Waals surface area contributed by atoms with Crippen LogP contribution < -0.4 is 5.56 Å². The van der Waals surface area contributed by atoms with Crippen LogP contribution in [0.25, 0.3) is 5.65 Å². The molecule has 0 radical (unpaired) electrons. The van der Waals surface area contributed by atoms with Gasteiger partial charge in [-0.3, -0.25) is 14.1 Å². The Morgan fingerprint density at radius 2 is 2.13 bits per heavy atom. The van der Waals surface area contributed by atoms with Crippen LogP contribution in [0.4, 0.5) is 0 Å². The molecule has 0 bridgehead atoms. The highest BCUT2D eigenvalue weighted by Gasteiger charge is 2.26. The second-order valence-corrected chi connectivity index (χ2v) is 5.86. The van der Waals surface area contributed by atoms with Gasteiger partial charge < -0.3 is 0 Å². The number of aromatic nitrogens is 5. The number of hydrogen-bond donors (Lipinski definition) is 0. The maximum Gasteiger partial charge on any atom is 0.266 e. The van der Waals surface area contributed by atoms with Gasteiger partial charge in [0, 0.05) is 24.5 Å². The fraction of sp³-hybridized carbons (Fsp3) is 0.375. The minimum Gasteiger partial charge on any atom is -0.291 e. The normalized spacial score (nSPS) is 18.7. The molecule has 0 saturated carbocycles. The molecule has 1 saturated heterocycles. The van der Waals surface area contributed by atoms with Gasteiger partial charge in [-0.15, -0.1) is 10.2 Å². The topological polar surface area (TPSA) is 68.3 Å². The summed E-state index contributed by atoms with van der Waals surface area (Å²) >= 11 is 0. The highest BCUT2D eigenvalue weighted by molar-refractivity contribution is 5.36. The van der Waals surface area contributed by atoms with Crippen LogP contribution in [0.5, 0.6) is 0 Å². The predicted molar refractivity (Wildman–Crippen MR) is 84.9 cm³/mol. The lowest BCUT2D eigenvalue weighted by molar-refractivity contribution is 0.211. The summed E-state index contributed by atoms with van der Waals surface area (Å²) in [6.45, 7) is 2.36. The van der Waals surface area contributed by atoms with E-state index in [-0.39, 0.29) is 5.56 Å². The van der Waals surface area contributed by atoms with E-state index in [2.05, 4.69) is 20.2 Å². The van der Waals surface area contributed by atoms with Gasteiger partial charge >= 0.3 is 0 Å². The first-order valence-electron chi connectivity index (χ1n) is 7.86. The van der Waals surface area contributed by atoms with Gasteiger partial charge in [0.25, 0.3) is 5.56 Å². The Hall–Kier alpha value is -2.54. The first-order chi connectivity index (χ1) is 11.3. The zero-order valence-corrected chi connectivity index (χ0v) is 12.7. The van der Waals surface area contributed by atoms with Crippen LogP contribution in [0.2, 0.25) is 0 Å². The van der Waals surface area contributed by atoms with E-state index in [1.807, 2.05) is 28.8 Å². The average Bonchev–Trinajstić information content (AvgIpc) is 3.18. The van der Waals surface area contributed by atoms with E-state index in [9.17, 15) is 4.79 Å². The molecule has 1 aliphatic heterocycles. The molecule has 4 rings (SSSR count). The fourth-order valence-corrected chi connectivity index (χ4v) is 3.21. The molecule has 23 heavy (non-hydrogen) atoms. The molecule has 7 nitrogen and oxygen atoms in total. The van der Waals surface area contributed by atoms with E-state index < -0.39 is 0 Å². The van der Waals surface area contributed by atoms with E-state index in [1.165, 1.54) is 0 Å². The van der Waals surface area contributed by atoms with Crippen LogP contribution in [0.3, 0.4) is 0 Å². The molecule has 3 aromatic rings. The lowest BCUT2D eigenvalue weighted by Gasteiger charge is -2.23. The van der Waals surface area contributed by atoms with E-state index in [0.717, 1.165) is 37.4 Å². The third-order valence-corrected chi connectivity index (χ3v) is 4.40. The van der Waals surface area contributed by atoms with E-state index in [4.69, 9.17) is 0 Å². The lowest BCUT2D eigenvalue weighted by atomic mass is 10.2. The minimum atomic E-state index is -0.0488. The van der Waals surface area contributed by atoms with Crippen molar-refractivity contribution in [2.45, 2.75) is 32.0 Å². The molecule has 1 fully saturated rings. The van der Waals surface area contributed by atoms with Gasteiger partial charge in [-0.05, 0) is 37.6 Å². The van der Waals surface area contributed by atoms with Crippen LogP contribution in [0.15, 0.2) is 47.5 Å². The van der Waals surface area contributed by atoms with Crippen molar-refractivity contribution in [3.63, 3.8) is 0 Å². The molecular weight excluding hydrogens is 292 g/mol. The summed E-state index contributed by atoms with van der Waals surface area (Å²) in [7, 11) is 0. The van der Waals surface area contributed by atoms with Crippen LogP contribution >= 0.6 is 0 Å². The zero-order chi connectivity index (χ0) is 15.6. The third kappa shape index (κ3) is 2.75. The first kappa shape index (κ1) is 14.1. The van der Waals surface area contributed by atoms with Gasteiger partial charge in [-0.2, -0.15) is 5.10 Å². The van der Waals surface area contributed by atoms with E-state index in [0.29, 0.717) is 12.6 Å². The molecule has 1 atom stereocenters. The van der Waals surface area contributed by atoms with Crippen molar-refractivity contribution in [3.05, 3.63) is 58.9 Å². The zero-order valence-electron chi connectivity index (χ0n) is 12.7. The fourth-order valence-electron chi connectivity index (χ4n) is 3.21. The van der Waals surface area contributed by atoms with Gasteiger partial charge in [0.2, 0.25) is 0 Å². The van der Waals surface area contributed by atoms with Crippen molar-refractivity contribution < 1.29 is 0 Å². The molecule has 1 unspecified atom stereocenters. The second kappa shape index (κ2) is 5.92. The number of nitrogens with zero attached hydrogens (tertiary/aromatic N) is 6. The van der Waals surface area contributed by atoms with Gasteiger partial charge in [0.1, 0.15) is 0 Å². The maximum atomic E-state index is 11.9. The molecule has 118 valence electrons. The Kier molecular flexibility index (Phi) is 3.63. The van der Waals surface area contributed by atoms with Crippen molar-refractivity contribution in [1.82, 2.24) is 29.3 Å². The molecule has 3 aromatic heterocycles. The third-order valence-electron chi connectivity index (χ3n) is 4.40. The highest BCUT2D eigenvalue weighted by atomic mass is 16.1. The predicted octanol–water partition coefficient (Wildman–Crippen LogP) is 0.951. The molecule has 0 aliphatic carbocycles. The molecule has 4 heterocycles. The summed E-state index contributed by atoms with van der Waals surface area (Å²) in [6, 6.07) is 9.42. The molecule has 0 amide bonds. The Morgan fingerprint density at radius 1 is 1.17 bits per heavy atom. The maximum absolute atomic E-state index is 11.9. The van der Waals surface area contributed by atoms with Crippen LogP contribution in [-0.4, -0.2) is 41.9 Å². The van der Waals surface area contributed by atoms with Crippen molar-refractivity contribution in [1.29, 1.82) is 0 Å². The van der Waals surface area contributed by atoms with Crippen molar-refractivity contribution >= 4 is 5.65 Å². The van der Waals surface area contributed by atoms with Crippen LogP contribution in [-0.2, 0) is 13.1 Å². The summed E-state index contributed by atoms with van der Waals surface area (Å²) in [4.78, 5) is 14.2. The number of rotatable bonds is 4. The van der Waals surface area contributed by atoms with Gasteiger partial charge in [-0.25, -0.2) is 4.68 Å². The summed E-state index contributed by atoms with van der Waals surface area (Å²) in [5.41, 5.74) is 0.812. The monoisotopic (exact) mass is 310 g/mol. The number of pyridine rings is 1. The SMILES string of the molecule is O=c1cccnn1CC1CCCN1Cc1nnc2ccccn12. The minimum absolute atomic E-state index is 0.0488. The lowest BCUT2D eigenvalue weighted by Crippen LogP contribution is -2.36. The average molecular weight is 310 g/mol. The van der Waals surface area contributed by atoms with E-state index in [1.54, 1.807) is 23.0 Å². The summed E-state index contributed by atoms with van der Waals surface area (Å²) in [6.07, 6.45) is 5.84. The first-order valence-corrected chi connectivity index (χ1v) is 7.86. The Balaban J connectivity index is 1.54. The number of fused-ring (bicyclic) bond motifs is 1. The molecule has 0 aromatic carbocycles. The van der Waals surface area contributed by atoms with E-state index >= 15 is 0 Å². The number of hydrogen-bond acceptors (Lipinski definition) is 5. The Morgan fingerprint density at radius 3 is 3.04 bits per heavy atom. The van der Waals surface area contributed by atoms with Gasteiger partial charge in [-0.1, -0.05) is 6.07 Å². The number of likely N-dealkylation sites (tertiary alicyclic amines) is 1. The van der Waals surface area contributed by atoms with Crippen molar-refractivity contribution in [2.24, 2.45) is 0 Å². The summed E-state index contributed by atoms with van der Waals surface area (Å²) in [5, 5.41) is 12.7. The molecule has 0 spiro atoms. The Bertz CT molecular complexity index is 870. The standard InChI is InChI=1S/C16H18N6O/c23-16-7-3-8-17-22(16)11-13-5-4-9-20(13)12-15-19-18-14-6-1-2-10-21(14)15/h1-3,6-8,10,13H,4-5,9,11-12H2. The quantitative estimate of drug-likeness (QED) is 0.718. The van der Waals surface area contributed by atoms with Crippen LogP contribution in [0, 0.1) is 0 Å². The van der Waals surface area contributed by atoms with Crippen LogP contribution in [0.1, 0.15) is 18.7 Å². The van der Waals surface area contributed by atoms with Gasteiger partial charge in [0.05, 0.1) is 13.1 Å². The second-order valence-electron chi connectivity index (χ2n) is 5.86. The van der Waals surface area contributed by atoms with Gasteiger partial charge in [0.15, 0.2) is 11.5 Å².